The summed E-state index contributed by atoms with van der Waals surface area (Å²) < 4.78 is 4.53. The van der Waals surface area contributed by atoms with Gasteiger partial charge in [-0.2, -0.15) is 0 Å². The summed E-state index contributed by atoms with van der Waals surface area (Å²) in [6, 6.07) is 3.26. The number of aromatic nitrogens is 1. The van der Waals surface area contributed by atoms with Gasteiger partial charge in [-0.1, -0.05) is 0 Å². The number of pyridine rings is 1. The second kappa shape index (κ2) is 4.00. The van der Waals surface area contributed by atoms with Crippen molar-refractivity contribution in [2.75, 3.05) is 7.11 Å². The minimum atomic E-state index is -0.584. The van der Waals surface area contributed by atoms with Gasteiger partial charge in [-0.15, -0.1) is 0 Å². The molecule has 1 heterocycles. The van der Waals surface area contributed by atoms with Gasteiger partial charge >= 0.3 is 5.97 Å². The number of rotatable bonds is 2. The summed E-state index contributed by atoms with van der Waals surface area (Å²) in [6.45, 7) is 3.13. The number of nitrogens with zero attached hydrogens (tertiary/aromatic N) is 1. The van der Waals surface area contributed by atoms with Crippen LogP contribution in [0.2, 0.25) is 0 Å². The molecule has 0 fully saturated rings. The number of hydrogen-bond acceptors (Lipinski definition) is 4. The van der Waals surface area contributed by atoms with E-state index in [1.54, 1.807) is 19.1 Å². The third-order valence-electron chi connectivity index (χ3n) is 1.79. The number of methoxy groups -OCH3 is 1. The molecule has 0 N–H and O–H groups in total. The van der Waals surface area contributed by atoms with Gasteiger partial charge in [-0.05, 0) is 26.0 Å². The lowest BCUT2D eigenvalue weighted by atomic mass is 10.1. The van der Waals surface area contributed by atoms with E-state index in [1.807, 2.05) is 0 Å². The van der Waals surface area contributed by atoms with E-state index >= 15 is 0 Å². The van der Waals surface area contributed by atoms with E-state index in [9.17, 15) is 9.59 Å². The molecular weight excluding hydrogens is 182 g/mol. The topological polar surface area (TPSA) is 56.3 Å². The molecule has 0 aliphatic carbocycles. The fraction of sp³-hybridized carbons (Fsp3) is 0.300. The summed E-state index contributed by atoms with van der Waals surface area (Å²) in [6.07, 6.45) is 0. The van der Waals surface area contributed by atoms with Crippen molar-refractivity contribution in [2.24, 2.45) is 0 Å². The zero-order valence-corrected chi connectivity index (χ0v) is 8.33. The smallest absolute Gasteiger partial charge is 0.357 e. The Morgan fingerprint density at radius 1 is 1.36 bits per heavy atom. The number of ketones is 1. The lowest BCUT2D eigenvalue weighted by Gasteiger charge is -2.04. The van der Waals surface area contributed by atoms with Crippen molar-refractivity contribution in [3.8, 4) is 0 Å². The minimum Gasteiger partial charge on any atom is -0.464 e. The summed E-state index contributed by atoms with van der Waals surface area (Å²) in [4.78, 5) is 26.4. The van der Waals surface area contributed by atoms with Crippen LogP contribution in [0, 0.1) is 6.92 Å². The van der Waals surface area contributed by atoms with Crippen LogP contribution in [0.4, 0.5) is 0 Å². The van der Waals surface area contributed by atoms with Crippen molar-refractivity contribution in [3.05, 3.63) is 29.1 Å². The maximum atomic E-state index is 11.3. The molecule has 0 saturated heterocycles. The van der Waals surface area contributed by atoms with Crippen LogP contribution in [0.5, 0.6) is 0 Å². The third-order valence-corrected chi connectivity index (χ3v) is 1.79. The van der Waals surface area contributed by atoms with E-state index in [4.69, 9.17) is 0 Å². The molecule has 4 heteroatoms. The molecule has 0 aliphatic rings. The highest BCUT2D eigenvalue weighted by atomic mass is 16.5. The molecule has 0 unspecified atom stereocenters. The van der Waals surface area contributed by atoms with Crippen molar-refractivity contribution in [1.29, 1.82) is 0 Å². The molecule has 0 amide bonds. The Labute approximate surface area is 81.9 Å². The normalized spacial score (nSPS) is 9.64. The molecule has 1 aromatic heterocycles. The fourth-order valence-corrected chi connectivity index (χ4v) is 1.09. The van der Waals surface area contributed by atoms with Crippen LogP contribution in [0.1, 0.15) is 33.5 Å². The van der Waals surface area contributed by atoms with Gasteiger partial charge in [0.15, 0.2) is 11.5 Å². The first kappa shape index (κ1) is 10.4. The molecule has 1 aromatic rings. The van der Waals surface area contributed by atoms with Crippen LogP contribution in [0.15, 0.2) is 12.1 Å². The Hall–Kier alpha value is -1.71. The number of Topliss-reactive ketones (excluding diaryl/α,β-unsaturated/α-hetero) is 1. The molecule has 0 aliphatic heterocycles. The van der Waals surface area contributed by atoms with Gasteiger partial charge in [0, 0.05) is 5.69 Å². The largest absolute Gasteiger partial charge is 0.464 e. The molecule has 0 radical (unpaired) electrons. The van der Waals surface area contributed by atoms with E-state index in [1.165, 1.54) is 14.0 Å². The van der Waals surface area contributed by atoms with Gasteiger partial charge in [0.05, 0.1) is 12.7 Å². The average Bonchev–Trinajstić information content (AvgIpc) is 2.16. The molecular formula is C10H11NO3. The Morgan fingerprint density at radius 3 is 2.50 bits per heavy atom. The van der Waals surface area contributed by atoms with Crippen molar-refractivity contribution in [1.82, 2.24) is 4.98 Å². The maximum Gasteiger partial charge on any atom is 0.357 e. The zero-order valence-electron chi connectivity index (χ0n) is 8.33. The van der Waals surface area contributed by atoms with Crippen LogP contribution >= 0.6 is 0 Å². The van der Waals surface area contributed by atoms with E-state index in [-0.39, 0.29) is 11.5 Å². The first-order chi connectivity index (χ1) is 6.56. The molecule has 14 heavy (non-hydrogen) atoms. The quantitative estimate of drug-likeness (QED) is 0.526. The van der Waals surface area contributed by atoms with Crippen molar-refractivity contribution < 1.29 is 14.3 Å². The standard InChI is InChI=1S/C10H11NO3/c1-6-4-5-8(7(2)12)9(11-6)10(13)14-3/h4-5H,1-3H3. The first-order valence-corrected chi connectivity index (χ1v) is 4.13. The number of carbonyl (C=O) groups is 2. The SMILES string of the molecule is COC(=O)c1nc(C)ccc1C(C)=O. The highest BCUT2D eigenvalue weighted by Crippen LogP contribution is 2.09. The van der Waals surface area contributed by atoms with Crippen LogP contribution in [0.3, 0.4) is 0 Å². The molecule has 0 atom stereocenters. The van der Waals surface area contributed by atoms with Crippen molar-refractivity contribution in [3.63, 3.8) is 0 Å². The summed E-state index contributed by atoms with van der Waals surface area (Å²) in [7, 11) is 1.26. The first-order valence-electron chi connectivity index (χ1n) is 4.13. The number of carbonyl (C=O) groups excluding carboxylic acids is 2. The lowest BCUT2D eigenvalue weighted by molar-refractivity contribution is 0.0590. The summed E-state index contributed by atoms with van der Waals surface area (Å²) in [5.74, 6) is -0.781. The summed E-state index contributed by atoms with van der Waals surface area (Å²) in [5.41, 5.74) is 1.05. The van der Waals surface area contributed by atoms with Crippen LogP contribution in [-0.2, 0) is 4.74 Å². The van der Waals surface area contributed by atoms with Gasteiger partial charge in [0.25, 0.3) is 0 Å². The Morgan fingerprint density at radius 2 is 2.00 bits per heavy atom. The Balaban J connectivity index is 3.29. The molecule has 0 bridgehead atoms. The monoisotopic (exact) mass is 193 g/mol. The van der Waals surface area contributed by atoms with Gasteiger partial charge in [0.1, 0.15) is 0 Å². The van der Waals surface area contributed by atoms with E-state index in [2.05, 4.69) is 9.72 Å². The molecule has 1 rings (SSSR count). The molecule has 0 aromatic carbocycles. The predicted octanol–water partition coefficient (Wildman–Crippen LogP) is 1.38. The maximum absolute atomic E-state index is 11.3. The number of ether oxygens (including phenoxy) is 1. The van der Waals surface area contributed by atoms with Gasteiger partial charge < -0.3 is 4.74 Å². The summed E-state index contributed by atoms with van der Waals surface area (Å²) in [5, 5.41) is 0. The third kappa shape index (κ3) is 1.96. The summed E-state index contributed by atoms with van der Waals surface area (Å²) >= 11 is 0. The highest BCUT2D eigenvalue weighted by Gasteiger charge is 2.16. The van der Waals surface area contributed by atoms with Crippen LogP contribution in [-0.4, -0.2) is 23.8 Å². The molecule has 4 nitrogen and oxygen atoms in total. The molecule has 0 saturated carbocycles. The second-order valence-corrected chi connectivity index (χ2v) is 2.90. The van der Waals surface area contributed by atoms with Gasteiger partial charge in [-0.3, -0.25) is 4.79 Å². The highest BCUT2D eigenvalue weighted by molar-refractivity contribution is 6.04. The second-order valence-electron chi connectivity index (χ2n) is 2.90. The van der Waals surface area contributed by atoms with Crippen LogP contribution in [0.25, 0.3) is 0 Å². The van der Waals surface area contributed by atoms with Gasteiger partial charge in [0.2, 0.25) is 0 Å². The fourth-order valence-electron chi connectivity index (χ4n) is 1.09. The number of hydrogen-bond donors (Lipinski definition) is 0. The molecule has 74 valence electrons. The number of esters is 1. The molecule has 0 spiro atoms. The van der Waals surface area contributed by atoms with Gasteiger partial charge in [-0.25, -0.2) is 9.78 Å². The van der Waals surface area contributed by atoms with E-state index in [0.717, 1.165) is 0 Å². The zero-order chi connectivity index (χ0) is 10.7. The van der Waals surface area contributed by atoms with Crippen LogP contribution < -0.4 is 0 Å². The average molecular weight is 193 g/mol. The minimum absolute atomic E-state index is 0.0833. The van der Waals surface area contributed by atoms with E-state index in [0.29, 0.717) is 11.3 Å². The lowest BCUT2D eigenvalue weighted by Crippen LogP contribution is -2.11. The van der Waals surface area contributed by atoms with E-state index < -0.39 is 5.97 Å². The predicted molar refractivity (Wildman–Crippen MR) is 50.3 cm³/mol. The van der Waals surface area contributed by atoms with Crippen molar-refractivity contribution >= 4 is 11.8 Å². The van der Waals surface area contributed by atoms with Crippen molar-refractivity contribution in [2.45, 2.75) is 13.8 Å². The Bertz CT molecular complexity index is 385. The Kier molecular flexibility index (Phi) is 2.96. The number of aryl methyl sites for hydroxylation is 1.